The molecule has 0 spiro atoms. The maximum absolute atomic E-state index is 12.4. The molecule has 1 heterocycles. The zero-order valence-electron chi connectivity index (χ0n) is 12.8. The maximum Gasteiger partial charge on any atom is 0.224 e. The van der Waals surface area contributed by atoms with E-state index in [2.05, 4.69) is 10.3 Å². The fraction of sp³-hybridized carbons (Fsp3) is 0.412. The average molecular weight is 316 g/mol. The first-order valence-corrected chi connectivity index (χ1v) is 8.32. The van der Waals surface area contributed by atoms with E-state index in [9.17, 15) is 4.79 Å². The average Bonchev–Trinajstić information content (AvgIpc) is 3.26. The van der Waals surface area contributed by atoms with E-state index < -0.39 is 0 Å². The van der Waals surface area contributed by atoms with E-state index >= 15 is 0 Å². The highest BCUT2D eigenvalue weighted by molar-refractivity contribution is 7.11. The highest BCUT2D eigenvalue weighted by Crippen LogP contribution is 2.42. The molecule has 1 saturated carbocycles. The number of nitrogens with one attached hydrogen (secondary N) is 1. The number of aryl methyl sites for hydroxylation is 1. The fourth-order valence-electron chi connectivity index (χ4n) is 2.52. The zero-order chi connectivity index (χ0) is 15.5. The van der Waals surface area contributed by atoms with Gasteiger partial charge in [0, 0.05) is 11.1 Å². The van der Waals surface area contributed by atoms with Gasteiger partial charge in [0.1, 0.15) is 10.8 Å². The molecular formula is C17H20N2O2S. The normalized spacial score (nSPS) is 15.4. The van der Waals surface area contributed by atoms with Gasteiger partial charge in [-0.1, -0.05) is 12.1 Å². The van der Waals surface area contributed by atoms with Crippen molar-refractivity contribution >= 4 is 17.2 Å². The highest BCUT2D eigenvalue weighted by atomic mass is 32.1. The summed E-state index contributed by atoms with van der Waals surface area (Å²) < 4.78 is 5.20. The molecule has 1 aromatic heterocycles. The minimum absolute atomic E-state index is 0.0398. The third-order valence-corrected chi connectivity index (χ3v) is 4.81. The number of thiazole rings is 1. The van der Waals surface area contributed by atoms with Crippen molar-refractivity contribution in [2.75, 3.05) is 7.11 Å². The summed E-state index contributed by atoms with van der Waals surface area (Å²) in [6.45, 7) is 2.04. The van der Waals surface area contributed by atoms with Crippen molar-refractivity contribution in [3.8, 4) is 5.75 Å². The molecule has 1 fully saturated rings. The summed E-state index contributed by atoms with van der Waals surface area (Å²) in [4.78, 5) is 18.0. The number of methoxy groups -OCH3 is 1. The Balaban J connectivity index is 1.66. The van der Waals surface area contributed by atoms with Crippen LogP contribution in [0.4, 0.5) is 0 Å². The van der Waals surface area contributed by atoms with Crippen molar-refractivity contribution in [3.63, 3.8) is 0 Å². The summed E-state index contributed by atoms with van der Waals surface area (Å²) in [6, 6.07) is 7.70. The molecule has 1 N–H and O–H groups in total. The predicted octanol–water partition coefficient (Wildman–Crippen LogP) is 3.27. The molecule has 1 aliphatic carbocycles. The van der Waals surface area contributed by atoms with Gasteiger partial charge in [0.25, 0.3) is 0 Å². The lowest BCUT2D eigenvalue weighted by Crippen LogP contribution is -2.31. The maximum atomic E-state index is 12.4. The number of aromatic nitrogens is 1. The van der Waals surface area contributed by atoms with Crippen LogP contribution >= 0.6 is 11.3 Å². The standard InChI is InChI=1S/C17H20N2O2S/c1-11-10-18-17(22-11)16(13-6-7-13)19-15(20)9-12-4-3-5-14(8-12)21-2/h3-5,8,10,13,16H,6-7,9H2,1-2H3,(H,19,20)/t16-/m1/s1. The quantitative estimate of drug-likeness (QED) is 0.890. The van der Waals surface area contributed by atoms with Gasteiger partial charge in [0.15, 0.2) is 0 Å². The van der Waals surface area contributed by atoms with Gasteiger partial charge in [0.05, 0.1) is 19.6 Å². The first kappa shape index (κ1) is 15.0. The van der Waals surface area contributed by atoms with Gasteiger partial charge in [-0.05, 0) is 43.4 Å². The van der Waals surface area contributed by atoms with Crippen molar-refractivity contribution < 1.29 is 9.53 Å². The molecule has 0 saturated heterocycles. The molecule has 0 bridgehead atoms. The first-order valence-electron chi connectivity index (χ1n) is 7.50. The van der Waals surface area contributed by atoms with Crippen molar-refractivity contribution in [1.82, 2.24) is 10.3 Å². The lowest BCUT2D eigenvalue weighted by molar-refractivity contribution is -0.121. The van der Waals surface area contributed by atoms with E-state index in [-0.39, 0.29) is 11.9 Å². The molecule has 2 aromatic rings. The largest absolute Gasteiger partial charge is 0.497 e. The Morgan fingerprint density at radius 3 is 2.95 bits per heavy atom. The van der Waals surface area contributed by atoms with Gasteiger partial charge in [-0.2, -0.15) is 0 Å². The van der Waals surface area contributed by atoms with E-state index in [1.807, 2.05) is 37.4 Å². The van der Waals surface area contributed by atoms with E-state index in [0.29, 0.717) is 12.3 Å². The van der Waals surface area contributed by atoms with Gasteiger partial charge in [0.2, 0.25) is 5.91 Å². The van der Waals surface area contributed by atoms with Crippen LogP contribution in [0.3, 0.4) is 0 Å². The molecule has 0 unspecified atom stereocenters. The second kappa shape index (κ2) is 6.48. The Labute approximate surface area is 134 Å². The van der Waals surface area contributed by atoms with Gasteiger partial charge in [-0.3, -0.25) is 4.79 Å². The molecular weight excluding hydrogens is 296 g/mol. The number of rotatable bonds is 6. The van der Waals surface area contributed by atoms with Crippen LogP contribution in [-0.4, -0.2) is 18.0 Å². The summed E-state index contributed by atoms with van der Waals surface area (Å²) in [6.07, 6.45) is 4.58. The fourth-order valence-corrected chi connectivity index (χ4v) is 3.44. The van der Waals surface area contributed by atoms with Gasteiger partial charge >= 0.3 is 0 Å². The van der Waals surface area contributed by atoms with Crippen LogP contribution in [0.15, 0.2) is 30.5 Å². The summed E-state index contributed by atoms with van der Waals surface area (Å²) in [5.74, 6) is 1.36. The summed E-state index contributed by atoms with van der Waals surface area (Å²) in [5.41, 5.74) is 0.960. The summed E-state index contributed by atoms with van der Waals surface area (Å²) >= 11 is 1.67. The minimum Gasteiger partial charge on any atom is -0.497 e. The van der Waals surface area contributed by atoms with E-state index in [0.717, 1.165) is 16.3 Å². The van der Waals surface area contributed by atoms with Crippen LogP contribution in [0.1, 0.15) is 34.3 Å². The van der Waals surface area contributed by atoms with Crippen LogP contribution in [-0.2, 0) is 11.2 Å². The van der Waals surface area contributed by atoms with Crippen molar-refractivity contribution in [3.05, 3.63) is 45.9 Å². The van der Waals surface area contributed by atoms with Gasteiger partial charge < -0.3 is 10.1 Å². The van der Waals surface area contributed by atoms with Crippen LogP contribution in [0.5, 0.6) is 5.75 Å². The number of nitrogens with zero attached hydrogens (tertiary/aromatic N) is 1. The van der Waals surface area contributed by atoms with Crippen molar-refractivity contribution in [1.29, 1.82) is 0 Å². The summed E-state index contributed by atoms with van der Waals surface area (Å²) in [5, 5.41) is 4.19. The second-order valence-electron chi connectivity index (χ2n) is 5.72. The van der Waals surface area contributed by atoms with E-state index in [4.69, 9.17) is 4.74 Å². The van der Waals surface area contributed by atoms with E-state index in [1.54, 1.807) is 18.4 Å². The molecule has 0 radical (unpaired) electrons. The molecule has 5 heteroatoms. The Bertz CT molecular complexity index is 664. The zero-order valence-corrected chi connectivity index (χ0v) is 13.7. The number of carbonyl (C=O) groups is 1. The van der Waals surface area contributed by atoms with Crippen molar-refractivity contribution in [2.24, 2.45) is 5.92 Å². The smallest absolute Gasteiger partial charge is 0.224 e. The summed E-state index contributed by atoms with van der Waals surface area (Å²) in [7, 11) is 1.63. The lowest BCUT2D eigenvalue weighted by atomic mass is 10.1. The first-order chi connectivity index (χ1) is 10.7. The predicted molar refractivity (Wildman–Crippen MR) is 87.2 cm³/mol. The number of carbonyl (C=O) groups excluding carboxylic acids is 1. The Morgan fingerprint density at radius 2 is 2.32 bits per heavy atom. The topological polar surface area (TPSA) is 51.2 Å². The molecule has 0 aliphatic heterocycles. The van der Waals surface area contributed by atoms with Crippen LogP contribution < -0.4 is 10.1 Å². The van der Waals surface area contributed by atoms with Crippen LogP contribution in [0.25, 0.3) is 0 Å². The van der Waals surface area contributed by atoms with E-state index in [1.165, 1.54) is 17.7 Å². The molecule has 4 nitrogen and oxygen atoms in total. The second-order valence-corrected chi connectivity index (χ2v) is 6.99. The Hall–Kier alpha value is -1.88. The number of hydrogen-bond acceptors (Lipinski definition) is 4. The van der Waals surface area contributed by atoms with Gasteiger partial charge in [-0.15, -0.1) is 11.3 Å². The Morgan fingerprint density at radius 1 is 1.50 bits per heavy atom. The number of benzene rings is 1. The third kappa shape index (κ3) is 3.65. The molecule has 3 rings (SSSR count). The molecule has 22 heavy (non-hydrogen) atoms. The van der Waals surface area contributed by atoms with Gasteiger partial charge in [-0.25, -0.2) is 4.98 Å². The number of ether oxygens (including phenoxy) is 1. The molecule has 116 valence electrons. The Kier molecular flexibility index (Phi) is 4.43. The molecule has 1 aromatic carbocycles. The molecule has 1 aliphatic rings. The number of amides is 1. The third-order valence-electron chi connectivity index (χ3n) is 3.81. The number of hydrogen-bond donors (Lipinski definition) is 1. The SMILES string of the molecule is COc1cccc(CC(=O)N[C@@H](c2ncc(C)s2)C2CC2)c1. The monoisotopic (exact) mass is 316 g/mol. The van der Waals surface area contributed by atoms with Crippen LogP contribution in [0.2, 0.25) is 0 Å². The van der Waals surface area contributed by atoms with Crippen molar-refractivity contribution in [2.45, 2.75) is 32.2 Å². The molecule has 1 atom stereocenters. The lowest BCUT2D eigenvalue weighted by Gasteiger charge is -2.16. The van der Waals surface area contributed by atoms with Crippen LogP contribution in [0, 0.1) is 12.8 Å². The highest BCUT2D eigenvalue weighted by Gasteiger charge is 2.35. The molecule has 1 amide bonds. The minimum atomic E-state index is 0.0398.